The molecule has 172 valence electrons. The molecule has 1 aliphatic rings. The lowest BCUT2D eigenvalue weighted by atomic mass is 10.0. The Labute approximate surface area is 192 Å². The van der Waals surface area contributed by atoms with Crippen LogP contribution in [0.15, 0.2) is 28.9 Å². The molecule has 0 saturated carbocycles. The van der Waals surface area contributed by atoms with Crippen molar-refractivity contribution >= 4 is 16.9 Å². The van der Waals surface area contributed by atoms with Gasteiger partial charge < -0.3 is 9.32 Å². The molecule has 4 aromatic heterocycles. The fraction of sp³-hybridized carbons (Fsp3) is 0.417. The summed E-state index contributed by atoms with van der Waals surface area (Å²) >= 11 is 0. The molecular weight excluding hydrogens is 418 g/mol. The van der Waals surface area contributed by atoms with Crippen molar-refractivity contribution in [3.05, 3.63) is 52.9 Å². The van der Waals surface area contributed by atoms with E-state index in [1.54, 1.807) is 10.9 Å². The van der Waals surface area contributed by atoms with Crippen molar-refractivity contribution in [2.45, 2.75) is 27.3 Å². The Bertz CT molecular complexity index is 1330. The molecule has 1 fully saturated rings. The van der Waals surface area contributed by atoms with Crippen LogP contribution in [0.4, 0.5) is 0 Å². The third-order valence-electron chi connectivity index (χ3n) is 6.58. The summed E-state index contributed by atoms with van der Waals surface area (Å²) in [5.41, 5.74) is 5.82. The van der Waals surface area contributed by atoms with E-state index < -0.39 is 0 Å². The first-order chi connectivity index (χ1) is 15.8. The van der Waals surface area contributed by atoms with Gasteiger partial charge in [-0.15, -0.1) is 0 Å². The number of aryl methyl sites for hydroxylation is 4. The largest absolute Gasteiger partial charge is 0.468 e. The molecule has 4 aromatic rings. The molecule has 1 saturated heterocycles. The van der Waals surface area contributed by atoms with Crippen molar-refractivity contribution in [2.75, 3.05) is 26.2 Å². The van der Waals surface area contributed by atoms with Crippen molar-refractivity contribution in [1.82, 2.24) is 34.3 Å². The Morgan fingerprint density at radius 2 is 1.76 bits per heavy atom. The summed E-state index contributed by atoms with van der Waals surface area (Å²) in [5, 5.41) is 9.93. The minimum Gasteiger partial charge on any atom is -0.468 e. The summed E-state index contributed by atoms with van der Waals surface area (Å²) in [6, 6.07) is 5.81. The molecule has 0 aliphatic carbocycles. The van der Waals surface area contributed by atoms with Gasteiger partial charge in [0.1, 0.15) is 5.76 Å². The van der Waals surface area contributed by atoms with Crippen molar-refractivity contribution in [3.63, 3.8) is 0 Å². The predicted octanol–water partition coefficient (Wildman–Crippen LogP) is 2.85. The topological polar surface area (TPSA) is 85.2 Å². The third kappa shape index (κ3) is 3.72. The number of aromatic nitrogens is 5. The van der Waals surface area contributed by atoms with Gasteiger partial charge in [0.15, 0.2) is 5.65 Å². The number of rotatable bonds is 4. The number of pyridine rings is 1. The first-order valence-corrected chi connectivity index (χ1v) is 11.2. The molecule has 9 heteroatoms. The second-order valence-electron chi connectivity index (χ2n) is 8.78. The van der Waals surface area contributed by atoms with E-state index in [4.69, 9.17) is 9.40 Å². The van der Waals surface area contributed by atoms with Crippen LogP contribution < -0.4 is 0 Å². The maximum atomic E-state index is 13.8. The lowest BCUT2D eigenvalue weighted by Gasteiger charge is -2.34. The first-order valence-electron chi connectivity index (χ1n) is 11.2. The van der Waals surface area contributed by atoms with Crippen LogP contribution in [-0.4, -0.2) is 66.4 Å². The summed E-state index contributed by atoms with van der Waals surface area (Å²) in [7, 11) is 3.80. The molecule has 33 heavy (non-hydrogen) atoms. The van der Waals surface area contributed by atoms with Gasteiger partial charge in [-0.3, -0.25) is 19.1 Å². The van der Waals surface area contributed by atoms with Crippen molar-refractivity contribution in [2.24, 2.45) is 14.1 Å². The molecule has 0 atom stereocenters. The van der Waals surface area contributed by atoms with Crippen LogP contribution >= 0.6 is 0 Å². The zero-order valence-corrected chi connectivity index (χ0v) is 19.8. The summed E-state index contributed by atoms with van der Waals surface area (Å²) in [4.78, 5) is 22.9. The van der Waals surface area contributed by atoms with E-state index >= 15 is 0 Å². The van der Waals surface area contributed by atoms with Crippen molar-refractivity contribution in [3.8, 4) is 11.3 Å². The van der Waals surface area contributed by atoms with E-state index in [-0.39, 0.29) is 5.91 Å². The Morgan fingerprint density at radius 3 is 2.39 bits per heavy atom. The Kier molecular flexibility index (Phi) is 5.28. The zero-order valence-electron chi connectivity index (χ0n) is 19.8. The molecule has 0 N–H and O–H groups in total. The highest BCUT2D eigenvalue weighted by Crippen LogP contribution is 2.31. The Morgan fingerprint density at radius 1 is 1.03 bits per heavy atom. The zero-order chi connectivity index (χ0) is 23.3. The van der Waals surface area contributed by atoms with Gasteiger partial charge in [-0.1, -0.05) is 0 Å². The molecule has 0 spiro atoms. The molecule has 1 aliphatic heterocycles. The van der Waals surface area contributed by atoms with Gasteiger partial charge in [-0.05, 0) is 39.0 Å². The molecule has 0 bridgehead atoms. The average Bonchev–Trinajstić information content (AvgIpc) is 3.47. The predicted molar refractivity (Wildman–Crippen MR) is 125 cm³/mol. The normalized spacial score (nSPS) is 15.0. The highest BCUT2D eigenvalue weighted by Gasteiger charge is 2.27. The number of hydrogen-bond acceptors (Lipinski definition) is 6. The van der Waals surface area contributed by atoms with E-state index in [1.807, 2.05) is 62.6 Å². The van der Waals surface area contributed by atoms with Crippen molar-refractivity contribution < 1.29 is 9.21 Å². The van der Waals surface area contributed by atoms with Crippen LogP contribution in [0.2, 0.25) is 0 Å². The molecule has 5 heterocycles. The maximum absolute atomic E-state index is 13.8. The quantitative estimate of drug-likeness (QED) is 0.478. The van der Waals surface area contributed by atoms with E-state index in [2.05, 4.69) is 15.1 Å². The van der Waals surface area contributed by atoms with Crippen LogP contribution in [-0.2, 0) is 20.6 Å². The molecule has 1 amide bonds. The van der Waals surface area contributed by atoms with Gasteiger partial charge in [0.25, 0.3) is 5.91 Å². The first kappa shape index (κ1) is 21.4. The van der Waals surface area contributed by atoms with Crippen LogP contribution in [0, 0.1) is 20.8 Å². The Balaban J connectivity index is 1.49. The maximum Gasteiger partial charge on any atom is 0.254 e. The fourth-order valence-electron chi connectivity index (χ4n) is 4.79. The smallest absolute Gasteiger partial charge is 0.254 e. The van der Waals surface area contributed by atoms with Crippen molar-refractivity contribution in [1.29, 1.82) is 0 Å². The standard InChI is InChI=1S/C24H29N7O2/c1-15-21(17(3)28(4)26-15)20-13-19(22-16(2)27-29(5)23(22)25-20)24(32)31-10-8-30(9-11-31)14-18-7-6-12-33-18/h6-7,12-13H,8-11,14H2,1-5H3. The summed E-state index contributed by atoms with van der Waals surface area (Å²) in [5.74, 6) is 0.972. The van der Waals surface area contributed by atoms with Gasteiger partial charge in [0.05, 0.1) is 40.8 Å². The number of carbonyl (C=O) groups is 1. The van der Waals surface area contributed by atoms with Gasteiger partial charge in [-0.25, -0.2) is 4.98 Å². The highest BCUT2D eigenvalue weighted by atomic mass is 16.3. The molecule has 0 unspecified atom stereocenters. The monoisotopic (exact) mass is 447 g/mol. The number of hydrogen-bond donors (Lipinski definition) is 0. The van der Waals surface area contributed by atoms with Gasteiger partial charge in [0, 0.05) is 51.5 Å². The second kappa shape index (κ2) is 8.15. The van der Waals surface area contributed by atoms with Gasteiger partial charge >= 0.3 is 0 Å². The number of furan rings is 1. The number of fused-ring (bicyclic) bond motifs is 1. The number of piperazine rings is 1. The van der Waals surface area contributed by atoms with Crippen LogP contribution in [0.1, 0.15) is 33.2 Å². The summed E-state index contributed by atoms with van der Waals surface area (Å²) < 4.78 is 9.08. The molecule has 0 aromatic carbocycles. The van der Waals surface area contributed by atoms with Gasteiger partial charge in [-0.2, -0.15) is 10.2 Å². The second-order valence-corrected chi connectivity index (χ2v) is 8.78. The Hall–Kier alpha value is -3.46. The summed E-state index contributed by atoms with van der Waals surface area (Å²) in [6.45, 7) is 9.65. The number of carbonyl (C=O) groups excluding carboxylic acids is 1. The van der Waals surface area contributed by atoms with Crippen LogP contribution in [0.25, 0.3) is 22.3 Å². The van der Waals surface area contributed by atoms with E-state index in [1.165, 1.54) is 0 Å². The van der Waals surface area contributed by atoms with E-state index in [0.29, 0.717) is 24.3 Å². The minimum atomic E-state index is 0.0246. The molecular formula is C24H29N7O2. The third-order valence-corrected chi connectivity index (χ3v) is 6.58. The van der Waals surface area contributed by atoms with Gasteiger partial charge in [0.2, 0.25) is 0 Å². The molecule has 0 radical (unpaired) electrons. The SMILES string of the molecule is Cc1nn(C)c(C)c1-c1cc(C(=O)N2CCN(Cc3ccco3)CC2)c2c(C)nn(C)c2n1. The van der Waals surface area contributed by atoms with E-state index in [9.17, 15) is 4.79 Å². The number of nitrogens with zero attached hydrogens (tertiary/aromatic N) is 7. The molecule has 5 rings (SSSR count). The van der Waals surface area contributed by atoms with Crippen LogP contribution in [0.3, 0.4) is 0 Å². The fourth-order valence-corrected chi connectivity index (χ4v) is 4.79. The summed E-state index contributed by atoms with van der Waals surface area (Å²) in [6.07, 6.45) is 1.70. The number of amides is 1. The molecule has 9 nitrogen and oxygen atoms in total. The van der Waals surface area contributed by atoms with Crippen LogP contribution in [0.5, 0.6) is 0 Å². The highest BCUT2D eigenvalue weighted by molar-refractivity contribution is 6.07. The lowest BCUT2D eigenvalue weighted by Crippen LogP contribution is -2.48. The van der Waals surface area contributed by atoms with E-state index in [0.717, 1.165) is 59.1 Å². The average molecular weight is 448 g/mol. The minimum absolute atomic E-state index is 0.0246. The lowest BCUT2D eigenvalue weighted by molar-refractivity contribution is 0.0622.